The Morgan fingerprint density at radius 3 is 2.00 bits per heavy atom. The van der Waals surface area contributed by atoms with Gasteiger partial charge in [-0.2, -0.15) is 0 Å². The first-order chi connectivity index (χ1) is 1.73. The lowest BCUT2D eigenvalue weighted by molar-refractivity contribution is 0.274. The Balaban J connectivity index is 2.32. The van der Waals surface area contributed by atoms with Crippen molar-refractivity contribution in [1.82, 2.24) is 0 Å². The predicted molar refractivity (Wildman–Crippen MR) is 19.2 cm³/mol. The van der Waals surface area contributed by atoms with Gasteiger partial charge >= 0.3 is 0 Å². The topological polar surface area (TPSA) is 46.2 Å². The van der Waals surface area contributed by atoms with E-state index in [1.807, 2.05) is 0 Å². The standard InChI is InChI=1S/CH5NOS/c2-1(3)4/h1,3-4H,2H2/t1-/m1/s1. The summed E-state index contributed by atoms with van der Waals surface area (Å²) in [5, 5.41) is 7.70. The molecule has 1 atom stereocenters. The van der Waals surface area contributed by atoms with Crippen molar-refractivity contribution in [2.75, 3.05) is 0 Å². The highest BCUT2D eigenvalue weighted by molar-refractivity contribution is 7.80. The van der Waals surface area contributed by atoms with Gasteiger partial charge in [0.15, 0.2) is 0 Å². The number of nitrogens with two attached hydrogens (primary N) is 1. The van der Waals surface area contributed by atoms with Crippen LogP contribution in [0.1, 0.15) is 0 Å². The summed E-state index contributed by atoms with van der Waals surface area (Å²) in [5.74, 6) is 0. The predicted octanol–water partition coefficient (Wildman–Crippen LogP) is -0.849. The van der Waals surface area contributed by atoms with Crippen LogP contribution in [-0.4, -0.2) is 10.7 Å². The molecule has 0 aliphatic rings. The first-order valence-corrected chi connectivity index (χ1v) is 1.37. The van der Waals surface area contributed by atoms with E-state index in [4.69, 9.17) is 5.11 Å². The molecule has 0 aliphatic carbocycles. The molecular weight excluding hydrogens is 74.1 g/mol. The average molecular weight is 79.1 g/mol. The van der Waals surface area contributed by atoms with Crippen LogP contribution in [0.25, 0.3) is 0 Å². The number of thiol groups is 1. The Bertz CT molecular complexity index is 12.8. The maximum absolute atomic E-state index is 7.70. The van der Waals surface area contributed by atoms with Gasteiger partial charge in [-0.15, -0.1) is 12.6 Å². The van der Waals surface area contributed by atoms with Crippen LogP contribution in [0.4, 0.5) is 0 Å². The third-order valence-electron chi connectivity index (χ3n) is 0. The van der Waals surface area contributed by atoms with Gasteiger partial charge in [-0.05, 0) is 0 Å². The minimum absolute atomic E-state index is 0.972. The molecule has 4 heavy (non-hydrogen) atoms. The van der Waals surface area contributed by atoms with Gasteiger partial charge in [0.2, 0.25) is 0 Å². The van der Waals surface area contributed by atoms with Crippen molar-refractivity contribution in [2.45, 2.75) is 5.56 Å². The van der Waals surface area contributed by atoms with Crippen molar-refractivity contribution < 1.29 is 5.11 Å². The SMILES string of the molecule is N[C@H](O)S. The third-order valence-corrected chi connectivity index (χ3v) is 0. The number of rotatable bonds is 0. The van der Waals surface area contributed by atoms with Gasteiger partial charge in [0.05, 0.1) is 0 Å². The molecule has 0 saturated heterocycles. The van der Waals surface area contributed by atoms with Gasteiger partial charge in [-0.1, -0.05) is 0 Å². The molecule has 0 aromatic heterocycles. The van der Waals surface area contributed by atoms with E-state index in [1.54, 1.807) is 0 Å². The van der Waals surface area contributed by atoms with Gasteiger partial charge in [0, 0.05) is 0 Å². The first-order valence-electron chi connectivity index (χ1n) is 0.850. The minimum Gasteiger partial charge on any atom is -0.370 e. The summed E-state index contributed by atoms with van der Waals surface area (Å²) in [5.41, 5.74) is 3.56. The van der Waals surface area contributed by atoms with Crippen molar-refractivity contribution in [2.24, 2.45) is 5.73 Å². The van der Waals surface area contributed by atoms with Crippen molar-refractivity contribution >= 4 is 12.6 Å². The summed E-state index contributed by atoms with van der Waals surface area (Å²) < 4.78 is 0. The molecule has 0 bridgehead atoms. The van der Waals surface area contributed by atoms with Crippen molar-refractivity contribution in [1.29, 1.82) is 0 Å². The molecular formula is CH5NOS. The minimum atomic E-state index is -0.972. The van der Waals surface area contributed by atoms with Gasteiger partial charge < -0.3 is 5.11 Å². The second-order valence-electron chi connectivity index (χ2n) is 0.414. The third kappa shape index (κ3) is 50.2. The quantitative estimate of drug-likeness (QED) is 0.261. The van der Waals surface area contributed by atoms with E-state index in [0.29, 0.717) is 0 Å². The van der Waals surface area contributed by atoms with Crippen LogP contribution in [0.2, 0.25) is 0 Å². The van der Waals surface area contributed by atoms with E-state index in [1.165, 1.54) is 0 Å². The highest BCUT2D eigenvalue weighted by Gasteiger charge is 1.69. The molecule has 2 nitrogen and oxygen atoms in total. The Kier molecular flexibility index (Phi) is 1.68. The lowest BCUT2D eigenvalue weighted by atomic mass is 11.4. The fraction of sp³-hybridized carbons (Fsp3) is 1.00. The molecule has 0 aromatic rings. The number of aliphatic hydroxyl groups excluding tert-OH is 1. The van der Waals surface area contributed by atoms with Crippen LogP contribution in [0.5, 0.6) is 0 Å². The van der Waals surface area contributed by atoms with Gasteiger partial charge in [-0.3, -0.25) is 5.73 Å². The fourth-order valence-electron chi connectivity index (χ4n) is 0. The number of aliphatic hydroxyl groups is 1. The second kappa shape index (κ2) is 1.58. The molecule has 0 saturated carbocycles. The van der Waals surface area contributed by atoms with Gasteiger partial charge in [-0.25, -0.2) is 0 Å². The lowest BCUT2D eigenvalue weighted by Gasteiger charge is -1.81. The van der Waals surface area contributed by atoms with Crippen molar-refractivity contribution in [3.63, 3.8) is 0 Å². The Labute approximate surface area is 30.0 Å². The molecule has 3 heteroatoms. The zero-order valence-corrected chi connectivity index (χ0v) is 2.94. The monoisotopic (exact) mass is 79.0 g/mol. The molecule has 0 radical (unpaired) electrons. The van der Waals surface area contributed by atoms with Gasteiger partial charge in [0.1, 0.15) is 5.56 Å². The molecule has 0 aliphatic heterocycles. The Hall–Kier alpha value is 0.270. The van der Waals surface area contributed by atoms with Crippen molar-refractivity contribution in [3.05, 3.63) is 0 Å². The summed E-state index contributed by atoms with van der Waals surface area (Å²) >= 11 is 3.30. The molecule has 0 heterocycles. The highest BCUT2D eigenvalue weighted by atomic mass is 32.1. The zero-order valence-electron chi connectivity index (χ0n) is 2.05. The summed E-state index contributed by atoms with van der Waals surface area (Å²) in [6.45, 7) is 0. The van der Waals surface area contributed by atoms with E-state index in [2.05, 4.69) is 18.4 Å². The zero-order chi connectivity index (χ0) is 3.58. The summed E-state index contributed by atoms with van der Waals surface area (Å²) in [6.07, 6.45) is 0. The highest BCUT2D eigenvalue weighted by Crippen LogP contribution is 1.66. The largest absolute Gasteiger partial charge is 0.370 e. The van der Waals surface area contributed by atoms with E-state index in [9.17, 15) is 0 Å². The van der Waals surface area contributed by atoms with Crippen LogP contribution in [0, 0.1) is 0 Å². The summed E-state index contributed by atoms with van der Waals surface area (Å²) in [4.78, 5) is 0. The molecule has 0 unspecified atom stereocenters. The van der Waals surface area contributed by atoms with Crippen LogP contribution in [0.3, 0.4) is 0 Å². The van der Waals surface area contributed by atoms with Crippen LogP contribution in [0.15, 0.2) is 0 Å². The summed E-state index contributed by atoms with van der Waals surface area (Å²) in [6, 6.07) is 0. The molecule has 26 valence electrons. The fourth-order valence-corrected chi connectivity index (χ4v) is 0. The van der Waals surface area contributed by atoms with E-state index >= 15 is 0 Å². The van der Waals surface area contributed by atoms with Crippen LogP contribution in [-0.2, 0) is 0 Å². The lowest BCUT2D eigenvalue weighted by Crippen LogP contribution is -2.08. The normalized spacial score (nSPS) is 15.8. The van der Waals surface area contributed by atoms with Crippen LogP contribution < -0.4 is 5.73 Å². The maximum atomic E-state index is 7.70. The van der Waals surface area contributed by atoms with E-state index < -0.39 is 5.56 Å². The molecule has 0 rings (SSSR count). The molecule has 0 amide bonds. The van der Waals surface area contributed by atoms with Gasteiger partial charge in [0.25, 0.3) is 0 Å². The smallest absolute Gasteiger partial charge is 0.147 e. The Morgan fingerprint density at radius 2 is 2.00 bits per heavy atom. The number of hydrogen-bond acceptors (Lipinski definition) is 3. The molecule has 0 spiro atoms. The maximum Gasteiger partial charge on any atom is 0.147 e. The van der Waals surface area contributed by atoms with E-state index in [-0.39, 0.29) is 0 Å². The van der Waals surface area contributed by atoms with E-state index in [0.717, 1.165) is 0 Å². The van der Waals surface area contributed by atoms with Crippen molar-refractivity contribution in [3.8, 4) is 0 Å². The molecule has 0 aromatic carbocycles. The molecule has 3 N–H and O–H groups in total. The summed E-state index contributed by atoms with van der Waals surface area (Å²) in [7, 11) is 0. The second-order valence-corrected chi connectivity index (χ2v) is 0.943. The first kappa shape index (κ1) is 4.27. The average Bonchev–Trinajstić information content (AvgIpc) is 0.811. The molecule has 0 fully saturated rings. The number of hydrogen-bond donors (Lipinski definition) is 3. The van der Waals surface area contributed by atoms with Crippen LogP contribution >= 0.6 is 12.6 Å². The Morgan fingerprint density at radius 1 is 2.00 bits per heavy atom.